The molecule has 0 saturated heterocycles. The number of para-hydroxylation sites is 1. The van der Waals surface area contributed by atoms with Crippen molar-refractivity contribution < 1.29 is 18.1 Å². The van der Waals surface area contributed by atoms with E-state index in [0.29, 0.717) is 19.5 Å². The zero-order chi connectivity index (χ0) is 19.4. The summed E-state index contributed by atoms with van der Waals surface area (Å²) in [4.78, 5) is 22.5. The number of hydrogen-bond donors (Lipinski definition) is 1. The summed E-state index contributed by atoms with van der Waals surface area (Å²) in [5.74, 6) is -0.928. The van der Waals surface area contributed by atoms with Gasteiger partial charge in [0.15, 0.2) is 0 Å². The van der Waals surface area contributed by atoms with Crippen LogP contribution in [0, 0.1) is 10.1 Å². The predicted molar refractivity (Wildman–Crippen MR) is 99.8 cm³/mol. The monoisotopic (exact) mass is 389 g/mol. The predicted octanol–water partition coefficient (Wildman–Crippen LogP) is 1.71. The van der Waals surface area contributed by atoms with Crippen LogP contribution >= 0.6 is 0 Å². The molecule has 0 atom stereocenters. The fourth-order valence-electron chi connectivity index (χ4n) is 3.05. The zero-order valence-corrected chi connectivity index (χ0v) is 15.3. The number of hydrogen-bond acceptors (Lipinski definition) is 5. The van der Waals surface area contributed by atoms with Crippen molar-refractivity contribution in [2.24, 2.45) is 0 Å². The van der Waals surface area contributed by atoms with Crippen LogP contribution in [-0.4, -0.2) is 42.4 Å². The van der Waals surface area contributed by atoms with Crippen molar-refractivity contribution in [1.29, 1.82) is 0 Å². The van der Waals surface area contributed by atoms with Crippen LogP contribution in [0.2, 0.25) is 0 Å². The summed E-state index contributed by atoms with van der Waals surface area (Å²) in [7, 11) is -3.55. The van der Waals surface area contributed by atoms with Gasteiger partial charge >= 0.3 is 0 Å². The van der Waals surface area contributed by atoms with E-state index in [2.05, 4.69) is 5.32 Å². The van der Waals surface area contributed by atoms with Gasteiger partial charge in [0, 0.05) is 25.7 Å². The largest absolute Gasteiger partial charge is 0.351 e. The topological polar surface area (TPSA) is 110 Å². The van der Waals surface area contributed by atoms with E-state index >= 15 is 0 Å². The SMILES string of the molecule is O=C(NCCS(=O)(=O)N1CCc2ccccc2C1)c1ccccc1[N+](=O)[O-]. The fraction of sp³-hybridized carbons (Fsp3) is 0.278. The molecule has 0 unspecified atom stereocenters. The van der Waals surface area contributed by atoms with Crippen LogP contribution in [0.25, 0.3) is 0 Å². The standard InChI is InChI=1S/C18H19N3O5S/c22-18(16-7-3-4-8-17(16)21(23)24)19-10-12-27(25,26)20-11-9-14-5-1-2-6-15(14)13-20/h1-8H,9-13H2,(H,19,22). The number of sulfonamides is 1. The Balaban J connectivity index is 1.60. The molecule has 0 bridgehead atoms. The van der Waals surface area contributed by atoms with Crippen molar-refractivity contribution >= 4 is 21.6 Å². The van der Waals surface area contributed by atoms with Crippen LogP contribution in [0.1, 0.15) is 21.5 Å². The molecule has 0 spiro atoms. The van der Waals surface area contributed by atoms with Gasteiger partial charge in [-0.2, -0.15) is 4.31 Å². The third-order valence-corrected chi connectivity index (χ3v) is 6.30. The third-order valence-electron chi connectivity index (χ3n) is 4.48. The number of fused-ring (bicyclic) bond motifs is 1. The van der Waals surface area contributed by atoms with Crippen molar-refractivity contribution in [3.8, 4) is 0 Å². The van der Waals surface area contributed by atoms with Crippen LogP contribution in [0.15, 0.2) is 48.5 Å². The number of nitrogens with zero attached hydrogens (tertiary/aromatic N) is 2. The van der Waals surface area contributed by atoms with Gasteiger partial charge < -0.3 is 5.32 Å². The molecule has 2 aromatic carbocycles. The quantitative estimate of drug-likeness (QED) is 0.597. The lowest BCUT2D eigenvalue weighted by atomic mass is 10.0. The van der Waals surface area contributed by atoms with E-state index in [-0.39, 0.29) is 23.5 Å². The highest BCUT2D eigenvalue weighted by molar-refractivity contribution is 7.89. The van der Waals surface area contributed by atoms with Gasteiger partial charge in [0.1, 0.15) is 5.56 Å². The Morgan fingerprint density at radius 1 is 1.11 bits per heavy atom. The maximum atomic E-state index is 12.6. The summed E-state index contributed by atoms with van der Waals surface area (Å²) in [5, 5.41) is 13.4. The number of nitrogens with one attached hydrogen (secondary N) is 1. The highest BCUT2D eigenvalue weighted by Crippen LogP contribution is 2.21. The first-order chi connectivity index (χ1) is 12.9. The van der Waals surface area contributed by atoms with Gasteiger partial charge in [0.25, 0.3) is 11.6 Å². The summed E-state index contributed by atoms with van der Waals surface area (Å²) >= 11 is 0. The maximum Gasteiger partial charge on any atom is 0.282 e. The van der Waals surface area contributed by atoms with Gasteiger partial charge in [0.05, 0.1) is 10.7 Å². The number of nitro benzene ring substituents is 1. The summed E-state index contributed by atoms with van der Waals surface area (Å²) in [5.41, 5.74) is 1.72. The minimum atomic E-state index is -3.55. The number of benzene rings is 2. The molecule has 1 heterocycles. The molecule has 1 aliphatic rings. The lowest BCUT2D eigenvalue weighted by Crippen LogP contribution is -2.40. The summed E-state index contributed by atoms with van der Waals surface area (Å²) < 4.78 is 26.5. The number of carbonyl (C=O) groups excluding carboxylic acids is 1. The Kier molecular flexibility index (Phi) is 5.52. The van der Waals surface area contributed by atoms with E-state index in [1.165, 1.54) is 28.6 Å². The molecule has 0 radical (unpaired) electrons. The molecule has 0 fully saturated rings. The summed E-state index contributed by atoms with van der Waals surface area (Å²) in [6, 6.07) is 13.3. The molecule has 0 saturated carbocycles. The third kappa shape index (κ3) is 4.32. The molecular formula is C18H19N3O5S. The lowest BCUT2D eigenvalue weighted by molar-refractivity contribution is -0.385. The second-order valence-corrected chi connectivity index (χ2v) is 8.29. The first-order valence-corrected chi connectivity index (χ1v) is 10.1. The Morgan fingerprint density at radius 2 is 1.78 bits per heavy atom. The average Bonchev–Trinajstić information content (AvgIpc) is 2.67. The first-order valence-electron chi connectivity index (χ1n) is 8.45. The fourth-order valence-corrected chi connectivity index (χ4v) is 4.37. The van der Waals surface area contributed by atoms with Gasteiger partial charge in [-0.3, -0.25) is 14.9 Å². The Morgan fingerprint density at radius 3 is 2.52 bits per heavy atom. The van der Waals surface area contributed by atoms with Gasteiger partial charge in [0.2, 0.25) is 10.0 Å². The molecule has 0 aliphatic carbocycles. The molecular weight excluding hydrogens is 370 g/mol. The van der Waals surface area contributed by atoms with Crippen LogP contribution in [0.4, 0.5) is 5.69 Å². The Hall–Kier alpha value is -2.78. The van der Waals surface area contributed by atoms with Gasteiger partial charge in [-0.1, -0.05) is 36.4 Å². The van der Waals surface area contributed by atoms with Crippen molar-refractivity contribution in [2.75, 3.05) is 18.8 Å². The van der Waals surface area contributed by atoms with E-state index in [1.54, 1.807) is 0 Å². The molecule has 1 aliphatic heterocycles. The van der Waals surface area contributed by atoms with E-state index in [1.807, 2.05) is 24.3 Å². The number of carbonyl (C=O) groups is 1. The second kappa shape index (κ2) is 7.85. The van der Waals surface area contributed by atoms with Crippen molar-refractivity contribution in [3.05, 3.63) is 75.3 Å². The second-order valence-electron chi connectivity index (χ2n) is 6.20. The normalized spacial score (nSPS) is 14.4. The molecule has 27 heavy (non-hydrogen) atoms. The molecule has 8 nitrogen and oxygen atoms in total. The van der Waals surface area contributed by atoms with E-state index < -0.39 is 20.9 Å². The number of nitro groups is 1. The number of amides is 1. The molecule has 2 aromatic rings. The summed E-state index contributed by atoms with van der Waals surface area (Å²) in [6.07, 6.45) is 0.651. The molecule has 142 valence electrons. The molecule has 3 rings (SSSR count). The van der Waals surface area contributed by atoms with E-state index in [4.69, 9.17) is 0 Å². The Labute approximate surface area is 157 Å². The molecule has 9 heteroatoms. The van der Waals surface area contributed by atoms with Crippen molar-refractivity contribution in [3.63, 3.8) is 0 Å². The molecule has 1 amide bonds. The minimum absolute atomic E-state index is 0.0909. The smallest absolute Gasteiger partial charge is 0.282 e. The minimum Gasteiger partial charge on any atom is -0.351 e. The van der Waals surface area contributed by atoms with Gasteiger partial charge in [-0.25, -0.2) is 8.42 Å². The first kappa shape index (κ1) is 19.0. The van der Waals surface area contributed by atoms with E-state index in [9.17, 15) is 23.3 Å². The molecule has 1 N–H and O–H groups in total. The zero-order valence-electron chi connectivity index (χ0n) is 14.5. The number of rotatable bonds is 6. The van der Waals surface area contributed by atoms with E-state index in [0.717, 1.165) is 11.1 Å². The van der Waals surface area contributed by atoms with Crippen LogP contribution in [-0.2, 0) is 23.0 Å². The van der Waals surface area contributed by atoms with Crippen LogP contribution in [0.3, 0.4) is 0 Å². The average molecular weight is 389 g/mol. The van der Waals surface area contributed by atoms with Crippen molar-refractivity contribution in [2.45, 2.75) is 13.0 Å². The van der Waals surface area contributed by atoms with Crippen molar-refractivity contribution in [1.82, 2.24) is 9.62 Å². The maximum absolute atomic E-state index is 12.6. The van der Waals surface area contributed by atoms with Gasteiger partial charge in [-0.05, 0) is 23.6 Å². The highest BCUT2D eigenvalue weighted by Gasteiger charge is 2.26. The van der Waals surface area contributed by atoms with Crippen LogP contribution < -0.4 is 5.32 Å². The van der Waals surface area contributed by atoms with Crippen LogP contribution in [0.5, 0.6) is 0 Å². The lowest BCUT2D eigenvalue weighted by Gasteiger charge is -2.28. The van der Waals surface area contributed by atoms with Gasteiger partial charge in [-0.15, -0.1) is 0 Å². The molecule has 0 aromatic heterocycles. The summed E-state index contributed by atoms with van der Waals surface area (Å²) in [6.45, 7) is 0.597. The highest BCUT2D eigenvalue weighted by atomic mass is 32.2. The Bertz CT molecular complexity index is 974.